The van der Waals surface area contributed by atoms with E-state index >= 15 is 0 Å². The average molecular weight is 365 g/mol. The lowest BCUT2D eigenvalue weighted by molar-refractivity contribution is 0.0172. The lowest BCUT2D eigenvalue weighted by Gasteiger charge is -2.21. The number of fused-ring (bicyclic) bond motifs is 1. The van der Waals surface area contributed by atoms with Gasteiger partial charge >= 0.3 is 0 Å². The summed E-state index contributed by atoms with van der Waals surface area (Å²) in [6.07, 6.45) is 9.24. The molecule has 26 heavy (non-hydrogen) atoms. The van der Waals surface area contributed by atoms with E-state index in [4.69, 9.17) is 9.72 Å². The smallest absolute Gasteiger partial charge is 0.177 e. The normalized spacial score (nSPS) is 17.8. The fourth-order valence-corrected chi connectivity index (χ4v) is 4.40. The number of nitrogens with zero attached hydrogens (tertiary/aromatic N) is 4. The zero-order chi connectivity index (χ0) is 17.3. The van der Waals surface area contributed by atoms with Crippen LogP contribution in [0.5, 0.6) is 0 Å². The van der Waals surface area contributed by atoms with Crippen LogP contribution in [0.3, 0.4) is 0 Å². The third kappa shape index (κ3) is 2.93. The van der Waals surface area contributed by atoms with Gasteiger partial charge in [-0.1, -0.05) is 6.07 Å². The third-order valence-corrected chi connectivity index (χ3v) is 5.88. The van der Waals surface area contributed by atoms with Crippen molar-refractivity contribution < 1.29 is 4.74 Å². The molecule has 1 aliphatic rings. The third-order valence-electron chi connectivity index (χ3n) is 4.69. The van der Waals surface area contributed by atoms with Crippen LogP contribution in [0.25, 0.3) is 21.9 Å². The second-order valence-corrected chi connectivity index (χ2v) is 7.66. The van der Waals surface area contributed by atoms with E-state index in [1.54, 1.807) is 17.5 Å². The number of aromatic nitrogens is 5. The van der Waals surface area contributed by atoms with E-state index in [0.717, 1.165) is 40.5 Å². The van der Waals surface area contributed by atoms with Crippen molar-refractivity contribution >= 4 is 22.5 Å². The Morgan fingerprint density at radius 1 is 1.23 bits per heavy atom. The summed E-state index contributed by atoms with van der Waals surface area (Å²) in [5.41, 5.74) is 2.93. The zero-order valence-electron chi connectivity index (χ0n) is 14.3. The Balaban J connectivity index is 1.42. The van der Waals surface area contributed by atoms with Crippen LogP contribution in [-0.2, 0) is 11.3 Å². The van der Waals surface area contributed by atoms with Gasteiger partial charge in [0.2, 0.25) is 0 Å². The van der Waals surface area contributed by atoms with Crippen LogP contribution < -0.4 is 0 Å². The summed E-state index contributed by atoms with van der Waals surface area (Å²) in [6, 6.07) is 8.29. The van der Waals surface area contributed by atoms with Crippen molar-refractivity contribution in [3.05, 3.63) is 53.3 Å². The summed E-state index contributed by atoms with van der Waals surface area (Å²) < 4.78 is 7.81. The van der Waals surface area contributed by atoms with Gasteiger partial charge in [0.1, 0.15) is 5.52 Å². The number of imidazole rings is 1. The molecule has 4 aromatic rings. The van der Waals surface area contributed by atoms with Crippen molar-refractivity contribution in [1.82, 2.24) is 24.7 Å². The lowest BCUT2D eigenvalue weighted by Crippen LogP contribution is -2.09. The highest BCUT2D eigenvalue weighted by atomic mass is 32.1. The maximum Gasteiger partial charge on any atom is 0.177 e. The first-order valence-electron chi connectivity index (χ1n) is 8.89. The number of ether oxygens (including phenoxy) is 1. The van der Waals surface area contributed by atoms with Gasteiger partial charge in [0.15, 0.2) is 11.5 Å². The predicted octanol–water partition coefficient (Wildman–Crippen LogP) is 4.17. The van der Waals surface area contributed by atoms with E-state index < -0.39 is 0 Å². The standard InChI is InChI=1S/C19H19N5OS/c1-2-9-25-15(5-1)16-6-7-17(26-16)18-22-14-11-21-24(19(14)23-18)12-13-4-3-8-20-10-13/h3-4,6-8,10-11,15H,1-2,5,9,12H2,(H,22,23)/t15-/m0/s1. The van der Waals surface area contributed by atoms with E-state index in [9.17, 15) is 0 Å². The van der Waals surface area contributed by atoms with Gasteiger partial charge in [-0.15, -0.1) is 11.3 Å². The molecule has 5 rings (SSSR count). The van der Waals surface area contributed by atoms with Gasteiger partial charge in [-0.05, 0) is 43.0 Å². The molecule has 5 heterocycles. The molecule has 132 valence electrons. The Morgan fingerprint density at radius 3 is 3.08 bits per heavy atom. The summed E-state index contributed by atoms with van der Waals surface area (Å²) in [5, 5.41) is 4.44. The maximum atomic E-state index is 5.90. The van der Waals surface area contributed by atoms with Crippen molar-refractivity contribution in [3.63, 3.8) is 0 Å². The molecule has 6 nitrogen and oxygen atoms in total. The summed E-state index contributed by atoms with van der Waals surface area (Å²) in [5.74, 6) is 0.893. The highest BCUT2D eigenvalue weighted by Crippen LogP contribution is 2.36. The van der Waals surface area contributed by atoms with E-state index in [0.29, 0.717) is 6.54 Å². The molecule has 1 aliphatic heterocycles. The van der Waals surface area contributed by atoms with Gasteiger partial charge in [-0.25, -0.2) is 9.67 Å². The monoisotopic (exact) mass is 365 g/mol. The molecule has 0 aliphatic carbocycles. The molecule has 0 aromatic carbocycles. The van der Waals surface area contributed by atoms with Crippen molar-refractivity contribution in [1.29, 1.82) is 0 Å². The number of aromatic amines is 1. The number of H-pyrrole nitrogens is 1. The SMILES string of the molecule is c1cncc(Cn2ncc3[nH]c(-c4ccc([C@@H]5CCCCO5)s4)nc32)c1. The minimum absolute atomic E-state index is 0.243. The maximum absolute atomic E-state index is 5.90. The first-order chi connectivity index (χ1) is 12.9. The molecule has 4 aromatic heterocycles. The van der Waals surface area contributed by atoms with Crippen LogP contribution in [0.15, 0.2) is 42.9 Å². The highest BCUT2D eigenvalue weighted by molar-refractivity contribution is 7.15. The minimum Gasteiger partial charge on any atom is -0.373 e. The quantitative estimate of drug-likeness (QED) is 0.589. The van der Waals surface area contributed by atoms with E-state index in [-0.39, 0.29) is 6.10 Å². The van der Waals surface area contributed by atoms with Crippen molar-refractivity contribution in [2.45, 2.75) is 31.9 Å². The second kappa shape index (κ2) is 6.66. The van der Waals surface area contributed by atoms with E-state index in [1.165, 1.54) is 17.7 Å². The average Bonchev–Trinajstić information content (AvgIpc) is 3.40. The second-order valence-electron chi connectivity index (χ2n) is 6.54. The summed E-state index contributed by atoms with van der Waals surface area (Å²) in [7, 11) is 0. The van der Waals surface area contributed by atoms with E-state index in [2.05, 4.69) is 27.2 Å². The highest BCUT2D eigenvalue weighted by Gasteiger charge is 2.19. The van der Waals surface area contributed by atoms with Crippen molar-refractivity contribution in [2.24, 2.45) is 0 Å². The zero-order valence-corrected chi connectivity index (χ0v) is 15.1. The van der Waals surface area contributed by atoms with Crippen LogP contribution in [0, 0.1) is 0 Å². The van der Waals surface area contributed by atoms with Crippen LogP contribution >= 0.6 is 11.3 Å². The molecule has 0 spiro atoms. The summed E-state index contributed by atoms with van der Waals surface area (Å²) >= 11 is 1.76. The molecule has 0 unspecified atom stereocenters. The van der Waals surface area contributed by atoms with E-state index in [1.807, 2.05) is 29.2 Å². The molecular weight excluding hydrogens is 346 g/mol. The van der Waals surface area contributed by atoms with Gasteiger partial charge in [0.05, 0.1) is 23.7 Å². The number of hydrogen-bond donors (Lipinski definition) is 1. The first kappa shape index (κ1) is 15.7. The lowest BCUT2D eigenvalue weighted by atomic mass is 10.1. The Morgan fingerprint density at radius 2 is 2.23 bits per heavy atom. The van der Waals surface area contributed by atoms with Crippen molar-refractivity contribution in [3.8, 4) is 10.7 Å². The number of pyridine rings is 1. The van der Waals surface area contributed by atoms with Gasteiger partial charge in [0.25, 0.3) is 0 Å². The van der Waals surface area contributed by atoms with Crippen LogP contribution in [0.1, 0.15) is 35.8 Å². The van der Waals surface area contributed by atoms with Gasteiger partial charge in [0, 0.05) is 23.9 Å². The Bertz CT molecular complexity index is 1010. The largest absolute Gasteiger partial charge is 0.373 e. The molecule has 1 saturated heterocycles. The van der Waals surface area contributed by atoms with Gasteiger partial charge in [-0.2, -0.15) is 5.10 Å². The van der Waals surface area contributed by atoms with Gasteiger partial charge in [-0.3, -0.25) is 4.98 Å². The fourth-order valence-electron chi connectivity index (χ4n) is 3.36. The number of nitrogens with one attached hydrogen (secondary N) is 1. The van der Waals surface area contributed by atoms with Gasteiger partial charge < -0.3 is 9.72 Å². The van der Waals surface area contributed by atoms with Crippen LogP contribution in [0.2, 0.25) is 0 Å². The topological polar surface area (TPSA) is 68.6 Å². The Labute approximate surface area is 154 Å². The molecule has 1 N–H and O–H groups in total. The number of rotatable bonds is 4. The molecule has 0 radical (unpaired) electrons. The number of thiophene rings is 1. The predicted molar refractivity (Wildman–Crippen MR) is 101 cm³/mol. The molecule has 0 saturated carbocycles. The van der Waals surface area contributed by atoms with Crippen LogP contribution in [-0.4, -0.2) is 31.3 Å². The molecule has 1 fully saturated rings. The first-order valence-corrected chi connectivity index (χ1v) is 9.70. The molecule has 0 amide bonds. The number of hydrogen-bond acceptors (Lipinski definition) is 5. The Hall–Kier alpha value is -2.51. The fraction of sp³-hybridized carbons (Fsp3) is 0.316. The summed E-state index contributed by atoms with van der Waals surface area (Å²) in [6.45, 7) is 1.53. The van der Waals surface area contributed by atoms with Crippen LogP contribution in [0.4, 0.5) is 0 Å². The minimum atomic E-state index is 0.243. The molecule has 1 atom stereocenters. The molecule has 0 bridgehead atoms. The van der Waals surface area contributed by atoms with Crippen molar-refractivity contribution in [2.75, 3.05) is 6.61 Å². The Kier molecular flexibility index (Phi) is 4.03. The summed E-state index contributed by atoms with van der Waals surface area (Å²) in [4.78, 5) is 14.8. The molecule has 7 heteroatoms. The molecular formula is C19H19N5OS.